The van der Waals surface area contributed by atoms with Crippen LogP contribution in [0.2, 0.25) is 0 Å². The minimum atomic E-state index is -0.332. The molecule has 0 bridgehead atoms. The average Bonchev–Trinajstić information content (AvgIpc) is 2.83. The molecule has 1 aromatic carbocycles. The molecule has 1 amide bonds. The summed E-state index contributed by atoms with van der Waals surface area (Å²) in [6.07, 6.45) is 1.59. The summed E-state index contributed by atoms with van der Waals surface area (Å²) in [5.41, 5.74) is 0.575. The fraction of sp³-hybridized carbons (Fsp3) is 0.357. The Bertz CT molecular complexity index is 612. The van der Waals surface area contributed by atoms with E-state index in [0.717, 1.165) is 0 Å². The quantitative estimate of drug-likeness (QED) is 0.863. The van der Waals surface area contributed by atoms with Crippen LogP contribution in [0, 0.1) is 11.7 Å². The van der Waals surface area contributed by atoms with Crippen molar-refractivity contribution in [3.63, 3.8) is 0 Å². The van der Waals surface area contributed by atoms with Crippen LogP contribution in [-0.2, 0) is 11.8 Å². The Labute approximate surface area is 127 Å². The molecule has 1 aromatic heterocycles. The summed E-state index contributed by atoms with van der Waals surface area (Å²) in [6, 6.07) is 5.71. The van der Waals surface area contributed by atoms with Gasteiger partial charge in [0.2, 0.25) is 5.91 Å². The molecule has 21 heavy (non-hydrogen) atoms. The molecular formula is C14H17FN4OS. The van der Waals surface area contributed by atoms with Crippen LogP contribution < -0.4 is 5.32 Å². The van der Waals surface area contributed by atoms with Crippen molar-refractivity contribution in [1.82, 2.24) is 14.8 Å². The van der Waals surface area contributed by atoms with Gasteiger partial charge in [-0.3, -0.25) is 4.79 Å². The van der Waals surface area contributed by atoms with E-state index in [0.29, 0.717) is 10.8 Å². The lowest BCUT2D eigenvalue weighted by atomic mass is 10.1. The number of hydrogen-bond donors (Lipinski definition) is 1. The number of carbonyl (C=O) groups is 1. The molecule has 0 spiro atoms. The summed E-state index contributed by atoms with van der Waals surface area (Å²) in [7, 11) is 1.83. The van der Waals surface area contributed by atoms with Crippen molar-refractivity contribution < 1.29 is 9.18 Å². The second-order valence-corrected chi connectivity index (χ2v) is 6.11. The third-order valence-electron chi connectivity index (χ3n) is 2.88. The van der Waals surface area contributed by atoms with Gasteiger partial charge in [0, 0.05) is 12.7 Å². The highest BCUT2D eigenvalue weighted by atomic mass is 32.2. The number of carbonyl (C=O) groups excluding carboxylic acids is 1. The van der Waals surface area contributed by atoms with Gasteiger partial charge in [-0.25, -0.2) is 4.39 Å². The van der Waals surface area contributed by atoms with Gasteiger partial charge < -0.3 is 9.88 Å². The van der Waals surface area contributed by atoms with Crippen LogP contribution in [-0.4, -0.2) is 25.9 Å². The van der Waals surface area contributed by atoms with Crippen molar-refractivity contribution in [2.75, 3.05) is 5.32 Å². The minimum absolute atomic E-state index is 0.118. The lowest BCUT2D eigenvalue weighted by molar-refractivity contribution is -0.116. The van der Waals surface area contributed by atoms with Crippen LogP contribution in [0.4, 0.5) is 10.1 Å². The van der Waals surface area contributed by atoms with Crippen LogP contribution in [0.5, 0.6) is 0 Å². The molecule has 0 saturated carbocycles. The highest BCUT2D eigenvalue weighted by molar-refractivity contribution is 8.00. The van der Waals surface area contributed by atoms with Gasteiger partial charge in [-0.05, 0) is 30.2 Å². The summed E-state index contributed by atoms with van der Waals surface area (Å²) < 4.78 is 14.6. The summed E-state index contributed by atoms with van der Waals surface area (Å²) in [5.74, 6) is -0.348. The third-order valence-corrected chi connectivity index (χ3v) is 4.47. The first-order chi connectivity index (χ1) is 9.97. The van der Waals surface area contributed by atoms with Crippen molar-refractivity contribution in [1.29, 1.82) is 0 Å². The van der Waals surface area contributed by atoms with Crippen LogP contribution in [0.1, 0.15) is 13.8 Å². The Morgan fingerprint density at radius 1 is 1.33 bits per heavy atom. The number of rotatable bonds is 5. The van der Waals surface area contributed by atoms with Crippen molar-refractivity contribution in [3.05, 3.63) is 36.4 Å². The summed E-state index contributed by atoms with van der Waals surface area (Å²) in [6.45, 7) is 3.94. The van der Waals surface area contributed by atoms with Crippen LogP contribution >= 0.6 is 11.8 Å². The molecular weight excluding hydrogens is 291 g/mol. The standard InChI is InChI=1S/C14H17FN4OS/c1-9(2)12(21-14-18-16-8-19(14)3)13(20)17-11-6-4-10(15)5-7-11/h4-9,12H,1-3H3,(H,17,20)/t12-/m1/s1. The maximum Gasteiger partial charge on any atom is 0.238 e. The molecule has 0 aliphatic carbocycles. The second kappa shape index (κ2) is 6.71. The van der Waals surface area contributed by atoms with Crippen molar-refractivity contribution in [3.8, 4) is 0 Å². The van der Waals surface area contributed by atoms with E-state index in [1.54, 1.807) is 10.9 Å². The lowest BCUT2D eigenvalue weighted by Gasteiger charge is -2.19. The van der Waals surface area contributed by atoms with Gasteiger partial charge in [-0.1, -0.05) is 25.6 Å². The predicted octanol–water partition coefficient (Wildman–Crippen LogP) is 2.71. The molecule has 0 fully saturated rings. The zero-order valence-electron chi connectivity index (χ0n) is 12.1. The molecule has 0 aliphatic rings. The van der Waals surface area contributed by atoms with Gasteiger partial charge in [-0.2, -0.15) is 0 Å². The number of halogens is 1. The smallest absolute Gasteiger partial charge is 0.238 e. The van der Waals surface area contributed by atoms with E-state index in [-0.39, 0.29) is 22.9 Å². The molecule has 1 heterocycles. The van der Waals surface area contributed by atoms with Gasteiger partial charge in [0.25, 0.3) is 0 Å². The minimum Gasteiger partial charge on any atom is -0.325 e. The molecule has 2 aromatic rings. The van der Waals surface area contributed by atoms with Gasteiger partial charge in [0.05, 0.1) is 5.25 Å². The first kappa shape index (κ1) is 15.5. The number of benzene rings is 1. The topological polar surface area (TPSA) is 59.8 Å². The molecule has 0 saturated heterocycles. The SMILES string of the molecule is CC(C)[C@@H](Sc1nncn1C)C(=O)Nc1ccc(F)cc1. The number of amides is 1. The number of thioether (sulfide) groups is 1. The fourth-order valence-corrected chi connectivity index (χ4v) is 2.70. The van der Waals surface area contributed by atoms with E-state index in [4.69, 9.17) is 0 Å². The normalized spacial score (nSPS) is 12.4. The summed E-state index contributed by atoms with van der Waals surface area (Å²) in [5, 5.41) is 11.0. The third kappa shape index (κ3) is 4.04. The van der Waals surface area contributed by atoms with Crippen molar-refractivity contribution in [2.24, 2.45) is 13.0 Å². The van der Waals surface area contributed by atoms with Gasteiger partial charge in [-0.15, -0.1) is 10.2 Å². The number of nitrogens with zero attached hydrogens (tertiary/aromatic N) is 3. The van der Waals surface area contributed by atoms with Crippen LogP contribution in [0.15, 0.2) is 35.7 Å². The first-order valence-electron chi connectivity index (χ1n) is 6.54. The highest BCUT2D eigenvalue weighted by Crippen LogP contribution is 2.27. The number of nitrogens with one attached hydrogen (secondary N) is 1. The van der Waals surface area contributed by atoms with Crippen LogP contribution in [0.3, 0.4) is 0 Å². The summed E-state index contributed by atoms with van der Waals surface area (Å²) >= 11 is 1.36. The number of aromatic nitrogens is 3. The molecule has 1 N–H and O–H groups in total. The Hall–Kier alpha value is -1.89. The Kier molecular flexibility index (Phi) is 4.95. The molecule has 0 unspecified atom stereocenters. The number of aryl methyl sites for hydroxylation is 1. The molecule has 2 rings (SSSR count). The monoisotopic (exact) mass is 308 g/mol. The van der Waals surface area contributed by atoms with E-state index >= 15 is 0 Å². The van der Waals surface area contributed by atoms with Gasteiger partial charge in [0.1, 0.15) is 12.1 Å². The molecule has 0 aliphatic heterocycles. The largest absolute Gasteiger partial charge is 0.325 e. The van der Waals surface area contributed by atoms with E-state index in [2.05, 4.69) is 15.5 Å². The molecule has 5 nitrogen and oxygen atoms in total. The summed E-state index contributed by atoms with van der Waals surface area (Å²) in [4.78, 5) is 12.4. The van der Waals surface area contributed by atoms with E-state index < -0.39 is 0 Å². The van der Waals surface area contributed by atoms with Crippen LogP contribution in [0.25, 0.3) is 0 Å². The van der Waals surface area contributed by atoms with E-state index in [1.807, 2.05) is 20.9 Å². The Balaban J connectivity index is 2.09. The van der Waals surface area contributed by atoms with E-state index in [1.165, 1.54) is 36.0 Å². The molecule has 1 atom stereocenters. The zero-order chi connectivity index (χ0) is 15.4. The van der Waals surface area contributed by atoms with Gasteiger partial charge in [0.15, 0.2) is 5.16 Å². The Morgan fingerprint density at radius 3 is 2.52 bits per heavy atom. The van der Waals surface area contributed by atoms with Gasteiger partial charge >= 0.3 is 0 Å². The highest BCUT2D eigenvalue weighted by Gasteiger charge is 2.25. The van der Waals surface area contributed by atoms with E-state index in [9.17, 15) is 9.18 Å². The fourth-order valence-electron chi connectivity index (χ4n) is 1.73. The second-order valence-electron chi connectivity index (χ2n) is 5.00. The van der Waals surface area contributed by atoms with Crippen molar-refractivity contribution in [2.45, 2.75) is 24.3 Å². The Morgan fingerprint density at radius 2 is 2.00 bits per heavy atom. The zero-order valence-corrected chi connectivity index (χ0v) is 12.9. The maximum absolute atomic E-state index is 12.9. The molecule has 0 radical (unpaired) electrons. The first-order valence-corrected chi connectivity index (χ1v) is 7.42. The molecule has 7 heteroatoms. The lowest BCUT2D eigenvalue weighted by Crippen LogP contribution is -2.29. The predicted molar refractivity (Wildman–Crippen MR) is 80.5 cm³/mol. The maximum atomic E-state index is 12.9. The number of anilines is 1. The number of hydrogen-bond acceptors (Lipinski definition) is 4. The van der Waals surface area contributed by atoms with Crippen molar-refractivity contribution >= 4 is 23.4 Å². The average molecular weight is 308 g/mol. The molecule has 112 valence electrons.